The molecule has 4 rings (SSSR count). The van der Waals surface area contributed by atoms with Gasteiger partial charge in [-0.2, -0.15) is 15.0 Å². The number of ether oxygens (including phenoxy) is 2. The number of nitrogens with zero attached hydrogens (tertiary/aromatic N) is 4. The Balaban J connectivity index is 1.83. The van der Waals surface area contributed by atoms with Crippen LogP contribution in [0.15, 0.2) is 36.4 Å². The summed E-state index contributed by atoms with van der Waals surface area (Å²) in [4.78, 5) is 12.5. The molecule has 25 heavy (non-hydrogen) atoms. The predicted octanol–water partition coefficient (Wildman–Crippen LogP) is 1.88. The third-order valence-corrected chi connectivity index (χ3v) is 3.85. The first kappa shape index (κ1) is 15.3. The predicted molar refractivity (Wildman–Crippen MR) is 91.7 cm³/mol. The van der Waals surface area contributed by atoms with Crippen molar-refractivity contribution in [1.82, 2.24) is 19.5 Å². The van der Waals surface area contributed by atoms with E-state index in [-0.39, 0.29) is 17.8 Å². The lowest BCUT2D eigenvalue weighted by Gasteiger charge is -2.09. The Labute approximate surface area is 143 Å². The second kappa shape index (κ2) is 6.31. The van der Waals surface area contributed by atoms with Gasteiger partial charge in [-0.15, -0.1) is 0 Å². The Morgan fingerprint density at radius 1 is 1.12 bits per heavy atom. The molecule has 8 nitrogen and oxygen atoms in total. The van der Waals surface area contributed by atoms with Crippen LogP contribution in [0.5, 0.6) is 17.8 Å². The Morgan fingerprint density at radius 3 is 2.96 bits per heavy atom. The third-order valence-electron chi connectivity index (χ3n) is 3.85. The molecule has 3 aromatic rings. The van der Waals surface area contributed by atoms with E-state index >= 15 is 0 Å². The largest absolute Gasteiger partial charge is 0.493 e. The lowest BCUT2D eigenvalue weighted by atomic mass is 10.2. The van der Waals surface area contributed by atoms with Crippen LogP contribution in [0.1, 0.15) is 12.0 Å². The molecule has 8 heteroatoms. The summed E-state index contributed by atoms with van der Waals surface area (Å²) < 4.78 is 12.8. The number of rotatable bonds is 0. The highest BCUT2D eigenvalue weighted by molar-refractivity contribution is 5.83. The molecule has 0 saturated heterocycles. The number of aromatic hydroxyl groups is 1. The maximum atomic E-state index is 10.2. The molecule has 3 heterocycles. The van der Waals surface area contributed by atoms with E-state index in [4.69, 9.17) is 15.2 Å². The van der Waals surface area contributed by atoms with Crippen molar-refractivity contribution >= 4 is 17.0 Å². The van der Waals surface area contributed by atoms with Crippen LogP contribution in [0.2, 0.25) is 0 Å². The van der Waals surface area contributed by atoms with Gasteiger partial charge in [0.05, 0.1) is 13.2 Å². The molecular weight excluding hydrogens is 322 g/mol. The summed E-state index contributed by atoms with van der Waals surface area (Å²) in [6.45, 7) is 1.25. The van der Waals surface area contributed by atoms with Gasteiger partial charge in [0.15, 0.2) is 17.0 Å². The lowest BCUT2D eigenvalue weighted by Crippen LogP contribution is -2.05. The van der Waals surface area contributed by atoms with Gasteiger partial charge >= 0.3 is 6.01 Å². The molecule has 128 valence electrons. The molecule has 4 bridgehead atoms. The van der Waals surface area contributed by atoms with E-state index in [1.165, 1.54) is 0 Å². The topological polar surface area (TPSA) is 108 Å². The Bertz CT molecular complexity index is 951. The maximum Gasteiger partial charge on any atom is 0.320 e. The van der Waals surface area contributed by atoms with Crippen LogP contribution in [0.3, 0.4) is 0 Å². The van der Waals surface area contributed by atoms with Crippen LogP contribution in [-0.4, -0.2) is 37.8 Å². The highest BCUT2D eigenvalue weighted by Gasteiger charge is 2.17. The molecule has 1 aromatic carbocycles. The highest BCUT2D eigenvalue weighted by atomic mass is 16.5. The van der Waals surface area contributed by atoms with E-state index in [1.54, 1.807) is 4.57 Å². The van der Waals surface area contributed by atoms with Crippen LogP contribution in [0, 0.1) is 0 Å². The molecule has 0 fully saturated rings. The van der Waals surface area contributed by atoms with Gasteiger partial charge in [-0.25, -0.2) is 0 Å². The molecule has 3 N–H and O–H groups in total. The van der Waals surface area contributed by atoms with Gasteiger partial charge in [-0.05, 0) is 24.1 Å². The number of aromatic nitrogens is 4. The number of nitrogens with two attached hydrogens (primary N) is 1. The van der Waals surface area contributed by atoms with Crippen molar-refractivity contribution < 1.29 is 14.6 Å². The molecule has 1 aliphatic rings. The minimum Gasteiger partial charge on any atom is -0.493 e. The normalized spacial score (nSPS) is 15.8. The van der Waals surface area contributed by atoms with Crippen LogP contribution in [0.4, 0.5) is 5.82 Å². The van der Waals surface area contributed by atoms with E-state index in [2.05, 4.69) is 15.0 Å². The summed E-state index contributed by atoms with van der Waals surface area (Å²) in [6.07, 6.45) is 4.61. The highest BCUT2D eigenvalue weighted by Crippen LogP contribution is 2.26. The summed E-state index contributed by atoms with van der Waals surface area (Å²) in [5.41, 5.74) is 7.65. The second-order valence-electron chi connectivity index (χ2n) is 5.63. The first-order chi connectivity index (χ1) is 12.2. The van der Waals surface area contributed by atoms with Crippen LogP contribution in [-0.2, 0) is 6.54 Å². The number of imidazole rings is 1. The maximum absolute atomic E-state index is 10.2. The average molecular weight is 339 g/mol. The van der Waals surface area contributed by atoms with E-state index in [9.17, 15) is 5.11 Å². The van der Waals surface area contributed by atoms with Crippen molar-refractivity contribution in [3.05, 3.63) is 42.0 Å². The van der Waals surface area contributed by atoms with Gasteiger partial charge in [-0.1, -0.05) is 24.3 Å². The molecule has 0 unspecified atom stereocenters. The van der Waals surface area contributed by atoms with Gasteiger partial charge in [0.2, 0.25) is 0 Å². The Morgan fingerprint density at radius 2 is 2.04 bits per heavy atom. The van der Waals surface area contributed by atoms with Crippen LogP contribution in [0.25, 0.3) is 11.2 Å². The molecule has 0 saturated carbocycles. The lowest BCUT2D eigenvalue weighted by molar-refractivity contribution is 0.321. The Hall–Kier alpha value is -3.29. The molecule has 0 atom stereocenters. The fourth-order valence-corrected chi connectivity index (χ4v) is 2.67. The quantitative estimate of drug-likeness (QED) is 0.602. The first-order valence-corrected chi connectivity index (χ1v) is 7.93. The number of anilines is 1. The van der Waals surface area contributed by atoms with Gasteiger partial charge in [0.1, 0.15) is 12.4 Å². The van der Waals surface area contributed by atoms with Crippen LogP contribution < -0.4 is 15.2 Å². The summed E-state index contributed by atoms with van der Waals surface area (Å²) >= 11 is 0. The van der Waals surface area contributed by atoms with Gasteiger partial charge in [0, 0.05) is 0 Å². The zero-order chi connectivity index (χ0) is 17.2. The first-order valence-electron chi connectivity index (χ1n) is 7.93. The minimum atomic E-state index is -0.177. The average Bonchev–Trinajstić information content (AvgIpc) is 2.90. The SMILES string of the molecule is Nc1nc2nc3c1nc(O)n3Cc1cccc(c1)OCC/C=C/CO2. The summed E-state index contributed by atoms with van der Waals surface area (Å²) in [5.74, 6) is 0.940. The number of hydrogen-bond donors (Lipinski definition) is 2. The van der Waals surface area contributed by atoms with Crippen molar-refractivity contribution in [2.75, 3.05) is 18.9 Å². The second-order valence-corrected chi connectivity index (χ2v) is 5.63. The van der Waals surface area contributed by atoms with E-state index in [0.29, 0.717) is 30.9 Å². The van der Waals surface area contributed by atoms with Crippen molar-refractivity contribution in [1.29, 1.82) is 0 Å². The van der Waals surface area contributed by atoms with Crippen molar-refractivity contribution in [2.24, 2.45) is 0 Å². The van der Waals surface area contributed by atoms with E-state index in [1.807, 2.05) is 36.4 Å². The summed E-state index contributed by atoms with van der Waals surface area (Å²) in [7, 11) is 0. The summed E-state index contributed by atoms with van der Waals surface area (Å²) in [6, 6.07) is 7.65. The molecule has 0 radical (unpaired) electrons. The molecular formula is C17H17N5O3. The summed E-state index contributed by atoms with van der Waals surface area (Å²) in [5, 5.41) is 10.2. The number of benzene rings is 1. The Kier molecular flexibility index (Phi) is 3.85. The minimum absolute atomic E-state index is 0.149. The van der Waals surface area contributed by atoms with Crippen molar-refractivity contribution in [3.63, 3.8) is 0 Å². The van der Waals surface area contributed by atoms with Crippen LogP contribution >= 0.6 is 0 Å². The molecule has 0 amide bonds. The molecule has 1 aliphatic heterocycles. The van der Waals surface area contributed by atoms with Gasteiger partial charge < -0.3 is 20.3 Å². The van der Waals surface area contributed by atoms with Gasteiger partial charge in [-0.3, -0.25) is 4.57 Å². The smallest absolute Gasteiger partial charge is 0.320 e. The van der Waals surface area contributed by atoms with E-state index in [0.717, 1.165) is 17.7 Å². The molecule has 2 aromatic heterocycles. The van der Waals surface area contributed by atoms with Crippen molar-refractivity contribution in [3.8, 4) is 17.8 Å². The zero-order valence-electron chi connectivity index (χ0n) is 13.4. The van der Waals surface area contributed by atoms with Gasteiger partial charge in [0.25, 0.3) is 6.01 Å². The standard InChI is InChI=1S/C17H17N5O3/c18-14-13-15-21-16(20-14)25-8-3-1-2-7-24-12-6-4-5-11(9-12)10-22(15)17(23)19-13/h1,3-6,9H,2,7-8,10H2,(H,19,23)(H2,18,20,21)/b3-1+. The molecule has 0 aliphatic carbocycles. The monoisotopic (exact) mass is 339 g/mol. The molecule has 0 spiro atoms. The third kappa shape index (κ3) is 3.06. The number of fused-ring (bicyclic) bond motifs is 3. The van der Waals surface area contributed by atoms with E-state index < -0.39 is 0 Å². The fraction of sp³-hybridized carbons (Fsp3) is 0.235. The number of hydrogen-bond acceptors (Lipinski definition) is 7. The number of nitrogen functional groups attached to an aromatic ring is 1. The van der Waals surface area contributed by atoms with Crippen molar-refractivity contribution in [2.45, 2.75) is 13.0 Å². The zero-order valence-corrected chi connectivity index (χ0v) is 13.4. The fourth-order valence-electron chi connectivity index (χ4n) is 2.67.